The summed E-state index contributed by atoms with van der Waals surface area (Å²) in [4.78, 5) is 7.63. The van der Waals surface area contributed by atoms with Crippen molar-refractivity contribution in [2.75, 3.05) is 0 Å². The van der Waals surface area contributed by atoms with E-state index in [-0.39, 0.29) is 32.8 Å². The number of rotatable bonds is 3. The number of nitrogens with zero attached hydrogens (tertiary/aromatic N) is 5. The molecule has 0 N–H and O–H groups in total. The van der Waals surface area contributed by atoms with Crippen LogP contribution in [-0.4, -0.2) is 24.9 Å². The van der Waals surface area contributed by atoms with Crippen LogP contribution in [0.3, 0.4) is 0 Å². The Hall–Kier alpha value is -2.91. The van der Waals surface area contributed by atoms with Crippen LogP contribution in [-0.2, 0) is 6.18 Å². The Balaban J connectivity index is 1.85. The van der Waals surface area contributed by atoms with Gasteiger partial charge in [0.15, 0.2) is 11.5 Å². The van der Waals surface area contributed by atoms with Crippen LogP contribution >= 0.6 is 23.2 Å². The van der Waals surface area contributed by atoms with E-state index < -0.39 is 11.9 Å². The van der Waals surface area contributed by atoms with E-state index in [4.69, 9.17) is 27.7 Å². The molecule has 0 aliphatic heterocycles. The predicted molar refractivity (Wildman–Crippen MR) is 95.1 cm³/mol. The summed E-state index contributed by atoms with van der Waals surface area (Å²) in [6.07, 6.45) is 1.80. The summed E-state index contributed by atoms with van der Waals surface area (Å²) in [6, 6.07) is 4.14. The summed E-state index contributed by atoms with van der Waals surface area (Å²) in [6.45, 7) is 0. The first-order valence-electron chi connectivity index (χ1n) is 7.68. The lowest BCUT2D eigenvalue weighted by atomic mass is 10.1. The topological polar surface area (TPSA) is 69.6 Å². The zero-order valence-corrected chi connectivity index (χ0v) is 15.2. The number of halogens is 5. The van der Waals surface area contributed by atoms with Crippen LogP contribution in [0.4, 0.5) is 13.2 Å². The summed E-state index contributed by atoms with van der Waals surface area (Å²) in [7, 11) is 0. The largest absolute Gasteiger partial charge is 0.434 e. The van der Waals surface area contributed by atoms with Gasteiger partial charge in [-0.25, -0.2) is 4.68 Å². The van der Waals surface area contributed by atoms with Crippen LogP contribution in [0.25, 0.3) is 28.3 Å². The van der Waals surface area contributed by atoms with E-state index >= 15 is 0 Å². The predicted octanol–water partition coefficient (Wildman–Crippen LogP) is 5.31. The van der Waals surface area contributed by atoms with Crippen molar-refractivity contribution in [2.45, 2.75) is 6.18 Å². The van der Waals surface area contributed by atoms with Gasteiger partial charge in [-0.15, -0.1) is 0 Å². The van der Waals surface area contributed by atoms with Crippen LogP contribution < -0.4 is 0 Å². The molecule has 0 saturated heterocycles. The molecule has 0 fully saturated rings. The first-order chi connectivity index (χ1) is 13.4. The fourth-order valence-corrected chi connectivity index (χ4v) is 3.22. The first kappa shape index (κ1) is 18.5. The molecule has 4 aromatic heterocycles. The highest BCUT2D eigenvalue weighted by atomic mass is 35.5. The van der Waals surface area contributed by atoms with Gasteiger partial charge >= 0.3 is 6.18 Å². The lowest BCUT2D eigenvalue weighted by Gasteiger charge is -2.11. The van der Waals surface area contributed by atoms with Crippen LogP contribution in [0.15, 0.2) is 53.7 Å². The van der Waals surface area contributed by atoms with Gasteiger partial charge in [-0.05, 0) is 12.1 Å². The summed E-state index contributed by atoms with van der Waals surface area (Å²) in [5, 5.41) is 8.05. The van der Waals surface area contributed by atoms with Gasteiger partial charge in [0, 0.05) is 36.4 Å². The minimum absolute atomic E-state index is 0.133. The van der Waals surface area contributed by atoms with Gasteiger partial charge in [0.05, 0.1) is 27.5 Å². The summed E-state index contributed by atoms with van der Waals surface area (Å²) in [5.74, 6) is -0.133. The molecule has 0 spiro atoms. The Morgan fingerprint density at radius 3 is 2.29 bits per heavy atom. The Morgan fingerprint density at radius 1 is 0.964 bits per heavy atom. The molecule has 28 heavy (non-hydrogen) atoms. The van der Waals surface area contributed by atoms with E-state index in [1.807, 2.05) is 0 Å². The molecule has 6 nitrogen and oxygen atoms in total. The third-order valence-corrected chi connectivity index (χ3v) is 4.40. The van der Waals surface area contributed by atoms with Gasteiger partial charge < -0.3 is 4.52 Å². The minimum atomic E-state index is -4.70. The molecule has 4 rings (SSSR count). The van der Waals surface area contributed by atoms with Gasteiger partial charge in [0.25, 0.3) is 0 Å². The maximum Gasteiger partial charge on any atom is 0.434 e. The molecule has 0 radical (unpaired) electrons. The van der Waals surface area contributed by atoms with E-state index in [9.17, 15) is 13.2 Å². The molecule has 0 aromatic carbocycles. The average molecular weight is 426 g/mol. The average Bonchev–Trinajstić information content (AvgIpc) is 3.29. The number of hydrogen-bond donors (Lipinski definition) is 0. The van der Waals surface area contributed by atoms with Gasteiger partial charge in [0.1, 0.15) is 5.69 Å². The van der Waals surface area contributed by atoms with Gasteiger partial charge in [-0.2, -0.15) is 18.3 Å². The third kappa shape index (κ3) is 3.23. The maximum absolute atomic E-state index is 13.8. The normalized spacial score (nSPS) is 11.8. The van der Waals surface area contributed by atoms with Crippen molar-refractivity contribution >= 4 is 23.2 Å². The Bertz CT molecular complexity index is 1120. The van der Waals surface area contributed by atoms with Crippen molar-refractivity contribution in [3.05, 3.63) is 64.9 Å². The summed E-state index contributed by atoms with van der Waals surface area (Å²) in [5.41, 5.74) is -0.591. The Labute approximate surface area is 165 Å². The van der Waals surface area contributed by atoms with Crippen molar-refractivity contribution in [1.82, 2.24) is 24.9 Å². The number of alkyl halides is 3. The minimum Gasteiger partial charge on any atom is -0.356 e. The van der Waals surface area contributed by atoms with Crippen LogP contribution in [0.5, 0.6) is 0 Å². The molecule has 0 amide bonds. The molecule has 4 aromatic rings. The lowest BCUT2D eigenvalue weighted by molar-refractivity contribution is -0.142. The Kier molecular flexibility index (Phi) is 4.56. The van der Waals surface area contributed by atoms with Crippen molar-refractivity contribution in [3.8, 4) is 28.3 Å². The number of pyridine rings is 2. The zero-order valence-electron chi connectivity index (χ0n) is 13.7. The molecule has 0 atom stereocenters. The molecule has 0 unspecified atom stereocenters. The highest BCUT2D eigenvalue weighted by molar-refractivity contribution is 6.38. The fraction of sp³-hybridized carbons (Fsp3) is 0.0588. The molecule has 4 heterocycles. The Morgan fingerprint density at radius 2 is 1.64 bits per heavy atom. The summed E-state index contributed by atoms with van der Waals surface area (Å²) >= 11 is 12.2. The zero-order chi connectivity index (χ0) is 19.9. The standard InChI is InChI=1S/C17H8Cl2F3N5O/c18-11-7-24-8-12(19)15(11)13-5-14(28-26-13)10-6-25-27(16(10)17(20,21)22)9-1-3-23-4-2-9/h1-8H. The van der Waals surface area contributed by atoms with Crippen LogP contribution in [0.1, 0.15) is 5.69 Å². The second kappa shape index (κ2) is 6.92. The molecule has 142 valence electrons. The third-order valence-electron chi connectivity index (χ3n) is 3.83. The monoisotopic (exact) mass is 425 g/mol. The maximum atomic E-state index is 13.8. The van der Waals surface area contributed by atoms with E-state index in [0.717, 1.165) is 10.9 Å². The van der Waals surface area contributed by atoms with E-state index in [1.165, 1.54) is 43.0 Å². The van der Waals surface area contributed by atoms with E-state index in [1.54, 1.807) is 0 Å². The van der Waals surface area contributed by atoms with Gasteiger partial charge in [-0.3, -0.25) is 9.97 Å². The summed E-state index contributed by atoms with van der Waals surface area (Å²) < 4.78 is 47.3. The molecular formula is C17H8Cl2F3N5O. The first-order valence-corrected chi connectivity index (χ1v) is 8.44. The highest BCUT2D eigenvalue weighted by Crippen LogP contribution is 2.40. The lowest BCUT2D eigenvalue weighted by Crippen LogP contribution is -2.14. The molecule has 0 bridgehead atoms. The van der Waals surface area contributed by atoms with Crippen LogP contribution in [0.2, 0.25) is 10.0 Å². The molecule has 0 aliphatic carbocycles. The second-order valence-electron chi connectivity index (χ2n) is 5.58. The molecule has 0 aliphatic rings. The van der Waals surface area contributed by atoms with Crippen molar-refractivity contribution < 1.29 is 17.7 Å². The number of aromatic nitrogens is 5. The highest BCUT2D eigenvalue weighted by Gasteiger charge is 2.40. The van der Waals surface area contributed by atoms with Crippen LogP contribution in [0, 0.1) is 0 Å². The fourth-order valence-electron chi connectivity index (χ4n) is 2.66. The SMILES string of the molecule is FC(F)(F)c1c(-c2cc(-c3c(Cl)cncc3Cl)no2)cnn1-c1ccncc1. The molecule has 11 heteroatoms. The van der Waals surface area contributed by atoms with E-state index in [2.05, 4.69) is 20.2 Å². The van der Waals surface area contributed by atoms with Crippen molar-refractivity contribution in [3.63, 3.8) is 0 Å². The smallest absolute Gasteiger partial charge is 0.356 e. The van der Waals surface area contributed by atoms with Crippen molar-refractivity contribution in [1.29, 1.82) is 0 Å². The van der Waals surface area contributed by atoms with E-state index in [0.29, 0.717) is 5.56 Å². The molecular weight excluding hydrogens is 418 g/mol. The second-order valence-corrected chi connectivity index (χ2v) is 6.39. The van der Waals surface area contributed by atoms with Crippen molar-refractivity contribution in [2.24, 2.45) is 0 Å². The van der Waals surface area contributed by atoms with Gasteiger partial charge in [0.2, 0.25) is 0 Å². The quantitative estimate of drug-likeness (QED) is 0.444. The van der Waals surface area contributed by atoms with Gasteiger partial charge in [-0.1, -0.05) is 28.4 Å². The molecule has 0 saturated carbocycles. The number of hydrogen-bond acceptors (Lipinski definition) is 5.